The Kier molecular flexibility index (Phi) is 2.93. The van der Waals surface area contributed by atoms with Gasteiger partial charge in [0.15, 0.2) is 0 Å². The van der Waals surface area contributed by atoms with E-state index in [1.165, 1.54) is 33.4 Å². The Labute approximate surface area is 136 Å². The summed E-state index contributed by atoms with van der Waals surface area (Å²) in [4.78, 5) is 0. The van der Waals surface area contributed by atoms with E-state index in [9.17, 15) is 0 Å². The number of hydrogen-bond donors (Lipinski definition) is 0. The molecule has 2 fully saturated rings. The van der Waals surface area contributed by atoms with Crippen molar-refractivity contribution < 1.29 is 14.2 Å². The lowest BCUT2D eigenvalue weighted by Gasteiger charge is -2.10. The molecule has 0 amide bonds. The minimum absolute atomic E-state index is 0.189. The van der Waals surface area contributed by atoms with Crippen LogP contribution in [0.2, 0.25) is 0 Å². The molecule has 6 aliphatic heterocycles. The predicted octanol–water partition coefficient (Wildman–Crippen LogP) is 3.88. The summed E-state index contributed by atoms with van der Waals surface area (Å²) in [6.45, 7) is 5.63. The molecule has 4 atom stereocenters. The molecule has 2 saturated heterocycles. The van der Waals surface area contributed by atoms with Gasteiger partial charge in [0.25, 0.3) is 0 Å². The number of rotatable bonds is 0. The summed E-state index contributed by atoms with van der Waals surface area (Å²) in [5, 5.41) is 0. The standard InChI is InChI=1S/C20H20O3/c1-11-7-13-3-5-15(11)19-17(22-19)9-21-10-18-20(23-18)16-6-4-14(13)8-12(16)2/h3-8,17-20H,9-10H2,1-2H3. The largest absolute Gasteiger partial charge is 0.376 e. The van der Waals surface area contributed by atoms with E-state index in [1.54, 1.807) is 0 Å². The monoisotopic (exact) mass is 308 g/mol. The van der Waals surface area contributed by atoms with Crippen LogP contribution < -0.4 is 0 Å². The molecule has 118 valence electrons. The fraction of sp³-hybridized carbons (Fsp3) is 0.400. The van der Waals surface area contributed by atoms with E-state index in [0.29, 0.717) is 13.2 Å². The lowest BCUT2D eigenvalue weighted by molar-refractivity contribution is 0.102. The quantitative estimate of drug-likeness (QED) is 0.693. The highest BCUT2D eigenvalue weighted by Crippen LogP contribution is 2.44. The molecule has 4 bridgehead atoms. The van der Waals surface area contributed by atoms with E-state index in [4.69, 9.17) is 14.2 Å². The van der Waals surface area contributed by atoms with E-state index in [-0.39, 0.29) is 24.4 Å². The number of epoxide rings is 2. The van der Waals surface area contributed by atoms with Gasteiger partial charge in [0.2, 0.25) is 0 Å². The molecule has 0 radical (unpaired) electrons. The van der Waals surface area contributed by atoms with Gasteiger partial charge in [-0.25, -0.2) is 0 Å². The number of ether oxygens (including phenoxy) is 3. The van der Waals surface area contributed by atoms with E-state index >= 15 is 0 Å². The van der Waals surface area contributed by atoms with Crippen LogP contribution >= 0.6 is 0 Å². The number of hydrogen-bond acceptors (Lipinski definition) is 3. The summed E-state index contributed by atoms with van der Waals surface area (Å²) >= 11 is 0. The van der Waals surface area contributed by atoms with Crippen LogP contribution in [-0.4, -0.2) is 25.4 Å². The Morgan fingerprint density at radius 1 is 0.739 bits per heavy atom. The zero-order chi connectivity index (χ0) is 15.6. The Hall–Kier alpha value is -1.68. The van der Waals surface area contributed by atoms with Gasteiger partial charge in [-0.15, -0.1) is 0 Å². The highest BCUT2D eigenvalue weighted by molar-refractivity contribution is 5.66. The molecule has 2 aromatic carbocycles. The minimum Gasteiger partial charge on any atom is -0.376 e. The van der Waals surface area contributed by atoms with Crippen molar-refractivity contribution in [3.05, 3.63) is 58.7 Å². The first-order valence-electron chi connectivity index (χ1n) is 8.31. The molecule has 3 heteroatoms. The Balaban J connectivity index is 1.59. The van der Waals surface area contributed by atoms with Crippen LogP contribution in [0.4, 0.5) is 0 Å². The second-order valence-corrected chi connectivity index (χ2v) is 6.87. The molecule has 0 spiro atoms. The van der Waals surface area contributed by atoms with Crippen LogP contribution in [0, 0.1) is 13.8 Å². The van der Waals surface area contributed by atoms with Crippen molar-refractivity contribution in [3.63, 3.8) is 0 Å². The third kappa shape index (κ3) is 2.31. The molecular weight excluding hydrogens is 288 g/mol. The van der Waals surface area contributed by atoms with Crippen molar-refractivity contribution >= 4 is 0 Å². The molecule has 6 heterocycles. The molecule has 6 aliphatic rings. The first-order valence-corrected chi connectivity index (χ1v) is 8.31. The van der Waals surface area contributed by atoms with E-state index < -0.39 is 0 Å². The van der Waals surface area contributed by atoms with Crippen LogP contribution in [0.3, 0.4) is 0 Å². The second kappa shape index (κ2) is 4.91. The average Bonchev–Trinajstić information content (AvgIpc) is 3.43. The van der Waals surface area contributed by atoms with Crippen LogP contribution in [-0.2, 0) is 14.2 Å². The zero-order valence-electron chi connectivity index (χ0n) is 13.4. The van der Waals surface area contributed by atoms with E-state index in [1.807, 2.05) is 0 Å². The lowest BCUT2D eigenvalue weighted by Crippen LogP contribution is -2.08. The molecule has 0 aliphatic carbocycles. The summed E-state index contributed by atoms with van der Waals surface area (Å²) in [6.07, 6.45) is 0.760. The summed E-state index contributed by atoms with van der Waals surface area (Å²) < 4.78 is 17.4. The molecule has 4 unspecified atom stereocenters. The molecule has 23 heavy (non-hydrogen) atoms. The highest BCUT2D eigenvalue weighted by atomic mass is 16.6. The first kappa shape index (κ1) is 13.7. The van der Waals surface area contributed by atoms with Gasteiger partial charge in [0, 0.05) is 0 Å². The van der Waals surface area contributed by atoms with Crippen molar-refractivity contribution in [3.8, 4) is 11.1 Å². The van der Waals surface area contributed by atoms with Crippen LogP contribution in [0.15, 0.2) is 36.4 Å². The van der Waals surface area contributed by atoms with Gasteiger partial charge in [0.1, 0.15) is 24.4 Å². The van der Waals surface area contributed by atoms with E-state index in [2.05, 4.69) is 50.2 Å². The summed E-state index contributed by atoms with van der Waals surface area (Å²) in [7, 11) is 0. The van der Waals surface area contributed by atoms with Gasteiger partial charge in [-0.2, -0.15) is 0 Å². The molecule has 0 aromatic heterocycles. The van der Waals surface area contributed by atoms with Gasteiger partial charge in [-0.05, 0) is 47.2 Å². The third-order valence-corrected chi connectivity index (χ3v) is 5.22. The topological polar surface area (TPSA) is 34.3 Å². The predicted molar refractivity (Wildman–Crippen MR) is 87.4 cm³/mol. The molecule has 0 N–H and O–H groups in total. The highest BCUT2D eigenvalue weighted by Gasteiger charge is 2.44. The van der Waals surface area contributed by atoms with Crippen LogP contribution in [0.1, 0.15) is 34.5 Å². The summed E-state index contributed by atoms with van der Waals surface area (Å²) in [6, 6.07) is 13.3. The van der Waals surface area contributed by atoms with Gasteiger partial charge >= 0.3 is 0 Å². The first-order chi connectivity index (χ1) is 11.2. The smallest absolute Gasteiger partial charge is 0.112 e. The normalized spacial score (nSPS) is 31.0. The minimum atomic E-state index is 0.189. The second-order valence-electron chi connectivity index (χ2n) is 6.87. The van der Waals surface area contributed by atoms with Crippen LogP contribution in [0.25, 0.3) is 11.1 Å². The molecule has 2 aromatic rings. The Morgan fingerprint density at radius 2 is 1.22 bits per heavy atom. The van der Waals surface area contributed by atoms with Gasteiger partial charge in [-0.3, -0.25) is 0 Å². The van der Waals surface area contributed by atoms with Crippen molar-refractivity contribution in [2.24, 2.45) is 0 Å². The maximum Gasteiger partial charge on any atom is 0.112 e. The molecular formula is C20H20O3. The molecule has 0 saturated carbocycles. The van der Waals surface area contributed by atoms with Crippen LogP contribution in [0.5, 0.6) is 0 Å². The fourth-order valence-electron chi connectivity index (χ4n) is 3.74. The average molecular weight is 308 g/mol. The number of aryl methyl sites for hydroxylation is 2. The van der Waals surface area contributed by atoms with Gasteiger partial charge < -0.3 is 14.2 Å². The van der Waals surface area contributed by atoms with E-state index in [0.717, 1.165) is 0 Å². The SMILES string of the molecule is Cc1cc2ccc1C1OC1COCC1OC1c1ccc-2cc1C. The fourth-order valence-corrected chi connectivity index (χ4v) is 3.74. The Morgan fingerprint density at radius 3 is 1.65 bits per heavy atom. The maximum atomic E-state index is 5.83. The lowest BCUT2D eigenvalue weighted by atomic mass is 9.94. The van der Waals surface area contributed by atoms with Crippen molar-refractivity contribution in [1.29, 1.82) is 0 Å². The number of benzene rings is 2. The maximum absolute atomic E-state index is 5.83. The van der Waals surface area contributed by atoms with Gasteiger partial charge in [0.05, 0.1) is 13.2 Å². The summed E-state index contributed by atoms with van der Waals surface area (Å²) in [5.41, 5.74) is 7.67. The molecule has 8 rings (SSSR count). The van der Waals surface area contributed by atoms with Crippen molar-refractivity contribution in [1.82, 2.24) is 0 Å². The summed E-state index contributed by atoms with van der Waals surface area (Å²) in [5.74, 6) is 0. The van der Waals surface area contributed by atoms with Crippen molar-refractivity contribution in [2.45, 2.75) is 38.3 Å². The van der Waals surface area contributed by atoms with Gasteiger partial charge in [-0.1, -0.05) is 36.4 Å². The molecule has 3 nitrogen and oxygen atoms in total. The Bertz CT molecular complexity index is 717. The van der Waals surface area contributed by atoms with Crippen molar-refractivity contribution in [2.75, 3.05) is 13.2 Å². The zero-order valence-corrected chi connectivity index (χ0v) is 13.4. The third-order valence-electron chi connectivity index (χ3n) is 5.22.